The maximum atomic E-state index is 11.1. The molecule has 1 aromatic heterocycles. The highest BCUT2D eigenvalue weighted by atomic mass is 35.5. The average Bonchev–Trinajstić information content (AvgIpc) is 2.61. The van der Waals surface area contributed by atoms with Crippen LogP contribution in [0.15, 0.2) is 72.9 Å². The summed E-state index contributed by atoms with van der Waals surface area (Å²) in [4.78, 5) is 11.1. The molecule has 132 valence electrons. The fourth-order valence-electron chi connectivity index (χ4n) is 2.58. The van der Waals surface area contributed by atoms with Crippen LogP contribution < -0.4 is 17.0 Å². The van der Waals surface area contributed by atoms with E-state index in [1.807, 2.05) is 66.9 Å². The van der Waals surface area contributed by atoms with E-state index in [0.717, 1.165) is 16.8 Å². The predicted octanol–water partition coefficient (Wildman–Crippen LogP) is 1.55. The summed E-state index contributed by atoms with van der Waals surface area (Å²) in [5, 5.41) is 9.84. The Labute approximate surface area is 163 Å². The monoisotopic (exact) mass is 385 g/mol. The van der Waals surface area contributed by atoms with Crippen LogP contribution in [0.4, 0.5) is 0 Å². The van der Waals surface area contributed by atoms with E-state index in [4.69, 9.17) is 16.7 Å². The topological polar surface area (TPSA) is 41.2 Å². The summed E-state index contributed by atoms with van der Waals surface area (Å²) in [5.74, 6) is -0.916. The van der Waals surface area contributed by atoms with Gasteiger partial charge in [-0.3, -0.25) is 0 Å². The second-order valence-corrected chi connectivity index (χ2v) is 6.08. The van der Waals surface area contributed by atoms with E-state index in [9.17, 15) is 4.79 Å². The Morgan fingerprint density at radius 3 is 2.58 bits per heavy atom. The van der Waals surface area contributed by atoms with Crippen LogP contribution in [0.1, 0.15) is 27.2 Å². The third-order valence-corrected chi connectivity index (χ3v) is 4.03. The summed E-state index contributed by atoms with van der Waals surface area (Å²) in [6.45, 7) is 0.594. The van der Waals surface area contributed by atoms with Crippen LogP contribution in [0.25, 0.3) is 12.2 Å². The molecular formula is C21H17Cl2NO2. The van der Waals surface area contributed by atoms with Crippen molar-refractivity contribution in [2.45, 2.75) is 6.54 Å². The number of carbonyl (C=O) groups is 1. The molecule has 5 heteroatoms. The van der Waals surface area contributed by atoms with Crippen LogP contribution in [0.3, 0.4) is 0 Å². The minimum absolute atomic E-state index is 0. The molecule has 0 aliphatic heterocycles. The number of carboxylic acids is 1. The van der Waals surface area contributed by atoms with Gasteiger partial charge in [-0.25, -0.2) is 4.79 Å². The molecule has 3 rings (SSSR count). The number of halogens is 2. The van der Waals surface area contributed by atoms with Crippen molar-refractivity contribution in [2.24, 2.45) is 0 Å². The molecule has 0 fully saturated rings. The summed E-state index contributed by atoms with van der Waals surface area (Å²) in [6.07, 6.45) is 6.00. The van der Waals surface area contributed by atoms with Crippen LogP contribution in [-0.4, -0.2) is 11.1 Å². The van der Waals surface area contributed by atoms with E-state index in [-0.39, 0.29) is 12.4 Å². The van der Waals surface area contributed by atoms with Gasteiger partial charge in [-0.2, -0.15) is 4.57 Å². The van der Waals surface area contributed by atoms with Gasteiger partial charge in [-0.15, -0.1) is 0 Å². The van der Waals surface area contributed by atoms with Crippen LogP contribution in [0, 0.1) is 0 Å². The molecule has 3 nitrogen and oxygen atoms in total. The third kappa shape index (κ3) is 5.19. The molecule has 0 saturated heterocycles. The third-order valence-electron chi connectivity index (χ3n) is 3.80. The standard InChI is InChI=1S/C21H16ClNO2.ClH/c22-19-8-4-5-16(14-19)10-11-20-9-1-2-12-23(20)15-17-6-3-7-18(13-17)21(24)25;/h1-14H,15H2;1H/b11-10+;. The first-order chi connectivity index (χ1) is 12.1. The number of rotatable bonds is 5. The number of aromatic nitrogens is 1. The van der Waals surface area contributed by atoms with Gasteiger partial charge < -0.3 is 17.5 Å². The predicted molar refractivity (Wildman–Crippen MR) is 99.5 cm³/mol. The van der Waals surface area contributed by atoms with Crippen molar-refractivity contribution in [2.75, 3.05) is 0 Å². The molecule has 0 amide bonds. The zero-order valence-corrected chi connectivity index (χ0v) is 15.4. The second kappa shape index (κ2) is 9.18. The van der Waals surface area contributed by atoms with Gasteiger partial charge in [0.2, 0.25) is 5.69 Å². The molecule has 0 spiro atoms. The Bertz CT molecular complexity index is 939. The number of benzene rings is 2. The quantitative estimate of drug-likeness (QED) is 0.677. The largest absolute Gasteiger partial charge is 1.00 e. The summed E-state index contributed by atoms with van der Waals surface area (Å²) in [7, 11) is 0. The zero-order chi connectivity index (χ0) is 17.6. The molecule has 0 radical (unpaired) electrons. The number of aromatic carboxylic acids is 1. The van der Waals surface area contributed by atoms with Gasteiger partial charge in [0.25, 0.3) is 0 Å². The van der Waals surface area contributed by atoms with Gasteiger partial charge >= 0.3 is 5.97 Å². The van der Waals surface area contributed by atoms with Crippen molar-refractivity contribution in [3.63, 3.8) is 0 Å². The second-order valence-electron chi connectivity index (χ2n) is 5.65. The summed E-state index contributed by atoms with van der Waals surface area (Å²) < 4.78 is 2.07. The molecule has 0 atom stereocenters. The number of hydrogen-bond acceptors (Lipinski definition) is 1. The lowest BCUT2D eigenvalue weighted by molar-refractivity contribution is -0.690. The van der Waals surface area contributed by atoms with Crippen molar-refractivity contribution < 1.29 is 26.9 Å². The molecular weight excluding hydrogens is 369 g/mol. The minimum Gasteiger partial charge on any atom is -1.00 e. The Hall–Kier alpha value is -2.62. The number of hydrogen-bond donors (Lipinski definition) is 1. The molecule has 1 heterocycles. The number of pyridine rings is 1. The van der Waals surface area contributed by atoms with Crippen LogP contribution in [0.2, 0.25) is 5.02 Å². The Morgan fingerprint density at radius 2 is 1.81 bits per heavy atom. The maximum Gasteiger partial charge on any atom is 0.335 e. The Balaban J connectivity index is 0.00000243. The Morgan fingerprint density at radius 1 is 1.00 bits per heavy atom. The highest BCUT2D eigenvalue weighted by Crippen LogP contribution is 2.13. The van der Waals surface area contributed by atoms with E-state index < -0.39 is 5.97 Å². The average molecular weight is 386 g/mol. The first-order valence-electron chi connectivity index (χ1n) is 7.86. The molecule has 26 heavy (non-hydrogen) atoms. The van der Waals surface area contributed by atoms with Crippen LogP contribution >= 0.6 is 11.6 Å². The van der Waals surface area contributed by atoms with E-state index >= 15 is 0 Å². The first-order valence-corrected chi connectivity index (χ1v) is 8.24. The molecule has 1 N–H and O–H groups in total. The highest BCUT2D eigenvalue weighted by molar-refractivity contribution is 6.30. The lowest BCUT2D eigenvalue weighted by Gasteiger charge is -2.03. The molecule has 3 aromatic rings. The van der Waals surface area contributed by atoms with Gasteiger partial charge in [0.05, 0.1) is 5.56 Å². The van der Waals surface area contributed by atoms with Gasteiger partial charge in [0.1, 0.15) is 0 Å². The molecule has 0 aliphatic carbocycles. The lowest BCUT2D eigenvalue weighted by Crippen LogP contribution is -3.00. The van der Waals surface area contributed by atoms with Crippen molar-refractivity contribution in [3.8, 4) is 0 Å². The smallest absolute Gasteiger partial charge is 0.335 e. The highest BCUT2D eigenvalue weighted by Gasteiger charge is 2.10. The fourth-order valence-corrected chi connectivity index (χ4v) is 2.77. The normalized spacial score (nSPS) is 10.5. The van der Waals surface area contributed by atoms with Crippen molar-refractivity contribution in [3.05, 3.63) is 100 Å². The van der Waals surface area contributed by atoms with Gasteiger partial charge in [-0.1, -0.05) is 35.9 Å². The lowest BCUT2D eigenvalue weighted by atomic mass is 10.1. The van der Waals surface area contributed by atoms with Crippen molar-refractivity contribution in [1.82, 2.24) is 0 Å². The van der Waals surface area contributed by atoms with Gasteiger partial charge in [0.15, 0.2) is 12.7 Å². The van der Waals surface area contributed by atoms with Gasteiger partial charge in [0, 0.05) is 28.8 Å². The number of carboxylic acid groups (broad SMARTS) is 1. The molecule has 0 aliphatic rings. The van der Waals surface area contributed by atoms with E-state index in [1.54, 1.807) is 18.2 Å². The molecule has 0 bridgehead atoms. The SMILES string of the molecule is O=C(O)c1cccc(C[n+]2ccccc2/C=C/c2cccc(Cl)c2)c1.[Cl-]. The molecule has 0 unspecified atom stereocenters. The maximum absolute atomic E-state index is 11.1. The van der Waals surface area contributed by atoms with Crippen molar-refractivity contribution >= 4 is 29.7 Å². The van der Waals surface area contributed by atoms with Crippen LogP contribution in [-0.2, 0) is 6.54 Å². The minimum atomic E-state index is -0.916. The Kier molecular flexibility index (Phi) is 6.96. The first kappa shape index (κ1) is 19.7. The van der Waals surface area contributed by atoms with E-state index in [2.05, 4.69) is 4.57 Å². The summed E-state index contributed by atoms with van der Waals surface area (Å²) in [5.41, 5.74) is 3.28. The number of nitrogens with zero attached hydrogens (tertiary/aromatic N) is 1. The zero-order valence-electron chi connectivity index (χ0n) is 13.8. The van der Waals surface area contributed by atoms with E-state index in [1.165, 1.54) is 0 Å². The fraction of sp³-hybridized carbons (Fsp3) is 0.0476. The van der Waals surface area contributed by atoms with E-state index in [0.29, 0.717) is 17.1 Å². The summed E-state index contributed by atoms with van der Waals surface area (Å²) >= 11 is 6.02. The summed E-state index contributed by atoms with van der Waals surface area (Å²) in [6, 6.07) is 20.6. The molecule has 2 aromatic carbocycles. The molecule has 0 saturated carbocycles. The van der Waals surface area contributed by atoms with Crippen LogP contribution in [0.5, 0.6) is 0 Å². The van der Waals surface area contributed by atoms with Gasteiger partial charge in [-0.05, 0) is 42.0 Å². The van der Waals surface area contributed by atoms with Crippen molar-refractivity contribution in [1.29, 1.82) is 0 Å².